The van der Waals surface area contributed by atoms with Gasteiger partial charge < -0.3 is 19.3 Å². The van der Waals surface area contributed by atoms with Crippen molar-refractivity contribution in [2.75, 3.05) is 39.8 Å². The molecule has 0 spiro atoms. The van der Waals surface area contributed by atoms with Crippen LogP contribution in [-0.4, -0.2) is 75.6 Å². The van der Waals surface area contributed by atoms with Crippen molar-refractivity contribution >= 4 is 13.8 Å². The second-order valence-corrected chi connectivity index (χ2v) is 7.35. The van der Waals surface area contributed by atoms with Crippen LogP contribution in [0.15, 0.2) is 18.2 Å². The quantitative estimate of drug-likeness (QED) is 0.719. The molecule has 1 amide bonds. The van der Waals surface area contributed by atoms with Crippen LogP contribution in [0.1, 0.15) is 17.5 Å². The molecule has 2 fully saturated rings. The van der Waals surface area contributed by atoms with Crippen LogP contribution >= 0.6 is 0 Å². The molecule has 0 radical (unpaired) electrons. The number of likely N-dealkylation sites (N-methyl/N-ethyl adjacent to an activating group) is 1. The Morgan fingerprint density at radius 2 is 2.16 bits per heavy atom. The lowest BCUT2D eigenvalue weighted by atomic mass is 9.96. The van der Waals surface area contributed by atoms with Crippen molar-refractivity contribution in [2.24, 2.45) is 0 Å². The number of carbonyl (C=O) groups is 1. The second kappa shape index (κ2) is 8.24. The Balaban J connectivity index is 1.44. The van der Waals surface area contributed by atoms with Crippen molar-refractivity contribution in [3.63, 3.8) is 0 Å². The molecule has 0 aliphatic carbocycles. The van der Waals surface area contributed by atoms with E-state index >= 15 is 0 Å². The lowest BCUT2D eigenvalue weighted by Gasteiger charge is -2.40. The Bertz CT molecular complexity index is 604. The number of nitrogens with zero attached hydrogens (tertiary/aromatic N) is 2. The number of rotatable bonds is 6. The summed E-state index contributed by atoms with van der Waals surface area (Å²) in [5.41, 5.74) is 2.53. The SMILES string of the molecule is BCCc1ccc(OC2CN(C(=O)CC3CN(C)CCO3)C2)c(C)c1. The molecule has 1 atom stereocenters. The Hall–Kier alpha value is -1.53. The monoisotopic (exact) mass is 344 g/mol. The molecule has 2 saturated heterocycles. The van der Waals surface area contributed by atoms with Gasteiger partial charge >= 0.3 is 0 Å². The first kappa shape index (κ1) is 18.3. The van der Waals surface area contributed by atoms with E-state index in [-0.39, 0.29) is 18.1 Å². The van der Waals surface area contributed by atoms with E-state index < -0.39 is 0 Å². The van der Waals surface area contributed by atoms with Gasteiger partial charge in [-0.3, -0.25) is 4.79 Å². The van der Waals surface area contributed by atoms with Gasteiger partial charge in [0.2, 0.25) is 5.91 Å². The number of aryl methyl sites for hydroxylation is 2. The maximum atomic E-state index is 12.4. The van der Waals surface area contributed by atoms with Gasteiger partial charge in [0.15, 0.2) is 0 Å². The normalized spacial score (nSPS) is 21.8. The minimum absolute atomic E-state index is 0.0274. The van der Waals surface area contributed by atoms with Crippen molar-refractivity contribution in [1.82, 2.24) is 9.80 Å². The summed E-state index contributed by atoms with van der Waals surface area (Å²) in [5.74, 6) is 1.12. The average Bonchev–Trinajstić information content (AvgIpc) is 2.52. The molecule has 2 aliphatic rings. The van der Waals surface area contributed by atoms with Crippen LogP contribution in [0.3, 0.4) is 0 Å². The molecule has 1 aromatic rings. The molecular formula is C19H29BN2O3. The zero-order valence-corrected chi connectivity index (χ0v) is 15.7. The smallest absolute Gasteiger partial charge is 0.225 e. The highest BCUT2D eigenvalue weighted by atomic mass is 16.5. The molecular weight excluding hydrogens is 315 g/mol. The van der Waals surface area contributed by atoms with Crippen LogP contribution < -0.4 is 4.74 Å². The van der Waals surface area contributed by atoms with Crippen molar-refractivity contribution in [2.45, 2.75) is 38.3 Å². The highest BCUT2D eigenvalue weighted by Gasteiger charge is 2.34. The summed E-state index contributed by atoms with van der Waals surface area (Å²) in [4.78, 5) is 16.4. The maximum absolute atomic E-state index is 12.4. The molecule has 3 rings (SSSR count). The topological polar surface area (TPSA) is 42.0 Å². The zero-order valence-electron chi connectivity index (χ0n) is 15.7. The minimum Gasteiger partial charge on any atom is -0.486 e. The number of ether oxygens (including phenoxy) is 2. The Morgan fingerprint density at radius 3 is 2.84 bits per heavy atom. The van der Waals surface area contributed by atoms with Crippen LogP contribution in [0.4, 0.5) is 0 Å². The molecule has 6 heteroatoms. The van der Waals surface area contributed by atoms with Crippen LogP contribution in [0.5, 0.6) is 5.75 Å². The van der Waals surface area contributed by atoms with Crippen molar-refractivity contribution in [1.29, 1.82) is 0 Å². The van der Waals surface area contributed by atoms with Crippen molar-refractivity contribution in [3.05, 3.63) is 29.3 Å². The van der Waals surface area contributed by atoms with Crippen LogP contribution in [0, 0.1) is 6.92 Å². The van der Waals surface area contributed by atoms with E-state index in [1.165, 1.54) is 11.1 Å². The third kappa shape index (κ3) is 4.76. The molecule has 0 aromatic heterocycles. The first-order valence-corrected chi connectivity index (χ1v) is 9.39. The summed E-state index contributed by atoms with van der Waals surface area (Å²) in [7, 11) is 4.26. The van der Waals surface area contributed by atoms with Gasteiger partial charge in [0, 0.05) is 13.1 Å². The van der Waals surface area contributed by atoms with Crippen LogP contribution in [-0.2, 0) is 16.0 Å². The summed E-state index contributed by atoms with van der Waals surface area (Å²) >= 11 is 0. The summed E-state index contributed by atoms with van der Waals surface area (Å²) in [6.07, 6.45) is 2.86. The molecule has 5 nitrogen and oxygen atoms in total. The number of hydrogen-bond acceptors (Lipinski definition) is 4. The predicted octanol–water partition coefficient (Wildman–Crippen LogP) is 0.899. The number of carbonyl (C=O) groups excluding carboxylic acids is 1. The standard InChI is InChI=1S/C19H29BN2O3/c1-14-9-15(5-6-20)3-4-18(14)25-17-12-22(13-17)19(23)10-16-11-21(2)7-8-24-16/h3-4,9,16-17H,5-8,10-13,20H2,1-2H3. The van der Waals surface area contributed by atoms with E-state index in [9.17, 15) is 4.79 Å². The fourth-order valence-electron chi connectivity index (χ4n) is 3.50. The predicted molar refractivity (Wildman–Crippen MR) is 101 cm³/mol. The lowest BCUT2D eigenvalue weighted by molar-refractivity contribution is -0.144. The van der Waals surface area contributed by atoms with E-state index in [2.05, 4.69) is 44.9 Å². The average molecular weight is 344 g/mol. The van der Waals surface area contributed by atoms with Crippen molar-refractivity contribution < 1.29 is 14.3 Å². The molecule has 25 heavy (non-hydrogen) atoms. The first-order valence-electron chi connectivity index (χ1n) is 9.39. The van der Waals surface area contributed by atoms with Gasteiger partial charge in [-0.1, -0.05) is 18.5 Å². The first-order chi connectivity index (χ1) is 12.0. The van der Waals surface area contributed by atoms with Crippen molar-refractivity contribution in [3.8, 4) is 5.75 Å². The van der Waals surface area contributed by atoms with E-state index in [0.29, 0.717) is 26.1 Å². The van der Waals surface area contributed by atoms with E-state index in [1.807, 2.05) is 4.90 Å². The summed E-state index contributed by atoms with van der Waals surface area (Å²) < 4.78 is 11.8. The maximum Gasteiger partial charge on any atom is 0.225 e. The third-order valence-electron chi connectivity index (χ3n) is 5.02. The van der Waals surface area contributed by atoms with Gasteiger partial charge in [-0.15, -0.1) is 0 Å². The number of likely N-dealkylation sites (tertiary alicyclic amines) is 1. The van der Waals surface area contributed by atoms with Crippen LogP contribution in [0.2, 0.25) is 6.32 Å². The van der Waals surface area contributed by atoms with Gasteiger partial charge in [-0.25, -0.2) is 0 Å². The van der Waals surface area contributed by atoms with Crippen LogP contribution in [0.25, 0.3) is 0 Å². The molecule has 0 N–H and O–H groups in total. The number of benzene rings is 1. The number of hydrogen-bond donors (Lipinski definition) is 0. The molecule has 0 bridgehead atoms. The molecule has 2 heterocycles. The van der Waals surface area contributed by atoms with E-state index in [0.717, 1.165) is 31.6 Å². The largest absolute Gasteiger partial charge is 0.486 e. The molecule has 2 aliphatic heterocycles. The summed E-state index contributed by atoms with van der Waals surface area (Å²) in [6.45, 7) is 5.94. The molecule has 136 valence electrons. The highest BCUT2D eigenvalue weighted by molar-refractivity contribution is 6.08. The van der Waals surface area contributed by atoms with Gasteiger partial charge in [0.05, 0.1) is 32.2 Å². The van der Waals surface area contributed by atoms with Gasteiger partial charge in [0.1, 0.15) is 19.7 Å². The summed E-state index contributed by atoms with van der Waals surface area (Å²) in [6, 6.07) is 6.41. The minimum atomic E-state index is 0.0274. The number of amides is 1. The zero-order chi connectivity index (χ0) is 17.8. The van der Waals surface area contributed by atoms with E-state index in [1.54, 1.807) is 0 Å². The van der Waals surface area contributed by atoms with Gasteiger partial charge in [-0.05, 0) is 37.6 Å². The Labute approximate surface area is 151 Å². The fraction of sp³-hybridized carbons (Fsp3) is 0.632. The number of morpholine rings is 1. The molecule has 0 saturated carbocycles. The van der Waals surface area contributed by atoms with E-state index in [4.69, 9.17) is 9.47 Å². The molecule has 1 aromatic carbocycles. The Morgan fingerprint density at radius 1 is 1.36 bits per heavy atom. The second-order valence-electron chi connectivity index (χ2n) is 7.35. The molecule has 1 unspecified atom stereocenters. The third-order valence-corrected chi connectivity index (χ3v) is 5.02. The van der Waals surface area contributed by atoms with Gasteiger partial charge in [0.25, 0.3) is 0 Å². The van der Waals surface area contributed by atoms with Gasteiger partial charge in [-0.2, -0.15) is 0 Å². The summed E-state index contributed by atoms with van der Waals surface area (Å²) in [5, 5.41) is 0. The Kier molecular flexibility index (Phi) is 6.02. The lowest BCUT2D eigenvalue weighted by Crippen LogP contribution is -2.57. The fourth-order valence-corrected chi connectivity index (χ4v) is 3.50. The highest BCUT2D eigenvalue weighted by Crippen LogP contribution is 2.24.